The molecule has 0 saturated heterocycles. The minimum atomic E-state index is -0.479. The van der Waals surface area contributed by atoms with E-state index in [0.717, 1.165) is 25.7 Å². The summed E-state index contributed by atoms with van der Waals surface area (Å²) < 4.78 is 4.82. The van der Waals surface area contributed by atoms with Gasteiger partial charge >= 0.3 is 0 Å². The molecule has 1 aliphatic carbocycles. The Morgan fingerprint density at radius 2 is 2.31 bits per heavy atom. The molecular formula is C11H20O2. The molecule has 0 radical (unpaired) electrons. The number of aliphatic hydroxyl groups is 1. The summed E-state index contributed by atoms with van der Waals surface area (Å²) in [5, 5.41) is 10.3. The van der Waals surface area contributed by atoms with Gasteiger partial charge in [0.1, 0.15) is 0 Å². The van der Waals surface area contributed by atoms with Gasteiger partial charge in [0.2, 0.25) is 0 Å². The van der Waals surface area contributed by atoms with E-state index in [1.807, 2.05) is 6.08 Å². The molecule has 0 aromatic carbocycles. The van der Waals surface area contributed by atoms with Gasteiger partial charge in [0.05, 0.1) is 19.0 Å². The molecule has 1 rings (SSSR count). The number of rotatable bonds is 3. The van der Waals surface area contributed by atoms with Gasteiger partial charge in [0.25, 0.3) is 0 Å². The molecule has 0 aromatic heterocycles. The third kappa shape index (κ3) is 2.73. The van der Waals surface area contributed by atoms with Crippen LogP contribution in [0.5, 0.6) is 0 Å². The van der Waals surface area contributed by atoms with E-state index < -0.39 is 5.60 Å². The summed E-state index contributed by atoms with van der Waals surface area (Å²) >= 11 is 0. The maximum absolute atomic E-state index is 10.3. The average Bonchev–Trinajstić information content (AvgIpc) is 2.11. The van der Waals surface area contributed by atoms with Gasteiger partial charge in [-0.3, -0.25) is 0 Å². The lowest BCUT2D eigenvalue weighted by Crippen LogP contribution is -2.38. The molecule has 0 heterocycles. The normalized spacial score (nSPS) is 35.2. The molecule has 1 aliphatic rings. The predicted molar refractivity (Wildman–Crippen MR) is 53.3 cm³/mol. The van der Waals surface area contributed by atoms with Crippen molar-refractivity contribution < 1.29 is 9.84 Å². The first-order valence-corrected chi connectivity index (χ1v) is 5.09. The van der Waals surface area contributed by atoms with Crippen molar-refractivity contribution >= 4 is 0 Å². The summed E-state index contributed by atoms with van der Waals surface area (Å²) in [6.45, 7) is 2.14. The molecule has 0 aliphatic heterocycles. The summed E-state index contributed by atoms with van der Waals surface area (Å²) in [5.74, 6) is 0.419. The van der Waals surface area contributed by atoms with Crippen molar-refractivity contribution in [2.75, 3.05) is 7.11 Å². The molecule has 0 bridgehead atoms. The first-order chi connectivity index (χ1) is 6.19. The third-order valence-corrected chi connectivity index (χ3v) is 3.12. The second kappa shape index (κ2) is 4.66. The molecule has 1 fully saturated rings. The lowest BCUT2D eigenvalue weighted by atomic mass is 9.74. The fourth-order valence-electron chi connectivity index (χ4n) is 2.05. The Labute approximate surface area is 80.6 Å². The Bertz CT molecular complexity index is 177. The van der Waals surface area contributed by atoms with Crippen LogP contribution in [0.1, 0.15) is 39.0 Å². The van der Waals surface area contributed by atoms with Gasteiger partial charge in [-0.1, -0.05) is 19.8 Å². The largest absolute Gasteiger partial charge is 0.505 e. The summed E-state index contributed by atoms with van der Waals surface area (Å²) in [7, 11) is 1.63. The predicted octanol–water partition coefficient (Wildman–Crippen LogP) is 2.48. The lowest BCUT2D eigenvalue weighted by Gasteiger charge is -2.37. The SMILES string of the molecule is CO/C=C/CC1(O)CCCCC1C. The van der Waals surface area contributed by atoms with E-state index in [0.29, 0.717) is 5.92 Å². The molecule has 0 aromatic rings. The van der Waals surface area contributed by atoms with Crippen LogP contribution < -0.4 is 0 Å². The van der Waals surface area contributed by atoms with Crippen molar-refractivity contribution in [3.05, 3.63) is 12.3 Å². The molecule has 0 amide bonds. The van der Waals surface area contributed by atoms with Crippen molar-refractivity contribution in [2.24, 2.45) is 5.92 Å². The van der Waals surface area contributed by atoms with Crippen molar-refractivity contribution in [1.29, 1.82) is 0 Å². The van der Waals surface area contributed by atoms with Gasteiger partial charge in [-0.05, 0) is 31.3 Å². The second-order valence-electron chi connectivity index (χ2n) is 4.06. The highest BCUT2D eigenvalue weighted by Crippen LogP contribution is 2.36. The van der Waals surface area contributed by atoms with Gasteiger partial charge in [-0.2, -0.15) is 0 Å². The van der Waals surface area contributed by atoms with E-state index in [-0.39, 0.29) is 0 Å². The average molecular weight is 184 g/mol. The van der Waals surface area contributed by atoms with Crippen LogP contribution in [0.4, 0.5) is 0 Å². The van der Waals surface area contributed by atoms with Crippen LogP contribution in [0.2, 0.25) is 0 Å². The minimum absolute atomic E-state index is 0.419. The van der Waals surface area contributed by atoms with E-state index in [2.05, 4.69) is 6.92 Å². The zero-order chi connectivity index (χ0) is 9.73. The topological polar surface area (TPSA) is 29.5 Å². The van der Waals surface area contributed by atoms with Crippen LogP contribution in [-0.4, -0.2) is 17.8 Å². The van der Waals surface area contributed by atoms with Crippen LogP contribution in [-0.2, 0) is 4.74 Å². The summed E-state index contributed by atoms with van der Waals surface area (Å²) in [5.41, 5.74) is -0.479. The van der Waals surface area contributed by atoms with E-state index in [4.69, 9.17) is 4.74 Å². The monoisotopic (exact) mass is 184 g/mol. The highest BCUT2D eigenvalue weighted by molar-refractivity contribution is 4.94. The van der Waals surface area contributed by atoms with Crippen LogP contribution >= 0.6 is 0 Å². The maximum Gasteiger partial charge on any atom is 0.0785 e. The van der Waals surface area contributed by atoms with Gasteiger partial charge in [-0.25, -0.2) is 0 Å². The third-order valence-electron chi connectivity index (χ3n) is 3.12. The van der Waals surface area contributed by atoms with Gasteiger partial charge in [0.15, 0.2) is 0 Å². The first-order valence-electron chi connectivity index (χ1n) is 5.09. The van der Waals surface area contributed by atoms with Crippen LogP contribution in [0.25, 0.3) is 0 Å². The molecule has 76 valence electrons. The summed E-state index contributed by atoms with van der Waals surface area (Å²) in [4.78, 5) is 0. The number of methoxy groups -OCH3 is 1. The summed E-state index contributed by atoms with van der Waals surface area (Å²) in [6, 6.07) is 0. The fourth-order valence-corrected chi connectivity index (χ4v) is 2.05. The van der Waals surface area contributed by atoms with Gasteiger partial charge < -0.3 is 9.84 Å². The standard InChI is InChI=1S/C11H20O2/c1-10-6-3-4-7-11(10,12)8-5-9-13-2/h5,9-10,12H,3-4,6-8H2,1-2H3/b9-5+. The number of hydrogen-bond donors (Lipinski definition) is 1. The van der Waals surface area contributed by atoms with Crippen molar-refractivity contribution in [3.63, 3.8) is 0 Å². The molecule has 2 nitrogen and oxygen atoms in total. The molecule has 2 atom stereocenters. The Morgan fingerprint density at radius 3 is 2.92 bits per heavy atom. The Balaban J connectivity index is 2.46. The van der Waals surface area contributed by atoms with E-state index in [1.165, 1.54) is 6.42 Å². The van der Waals surface area contributed by atoms with Crippen LogP contribution in [0, 0.1) is 5.92 Å². The highest BCUT2D eigenvalue weighted by atomic mass is 16.5. The van der Waals surface area contributed by atoms with E-state index >= 15 is 0 Å². The molecule has 1 N–H and O–H groups in total. The van der Waals surface area contributed by atoms with Gasteiger partial charge in [-0.15, -0.1) is 0 Å². The lowest BCUT2D eigenvalue weighted by molar-refractivity contribution is -0.0386. The van der Waals surface area contributed by atoms with E-state index in [1.54, 1.807) is 13.4 Å². The second-order valence-corrected chi connectivity index (χ2v) is 4.06. The number of ether oxygens (including phenoxy) is 1. The quantitative estimate of drug-likeness (QED) is 0.683. The molecular weight excluding hydrogens is 164 g/mol. The van der Waals surface area contributed by atoms with Crippen molar-refractivity contribution in [3.8, 4) is 0 Å². The smallest absolute Gasteiger partial charge is 0.0785 e. The Morgan fingerprint density at radius 1 is 1.54 bits per heavy atom. The van der Waals surface area contributed by atoms with Crippen molar-refractivity contribution in [2.45, 2.75) is 44.6 Å². The number of hydrogen-bond acceptors (Lipinski definition) is 2. The maximum atomic E-state index is 10.3. The molecule has 2 unspecified atom stereocenters. The van der Waals surface area contributed by atoms with Crippen LogP contribution in [0.15, 0.2) is 12.3 Å². The van der Waals surface area contributed by atoms with Crippen LogP contribution in [0.3, 0.4) is 0 Å². The molecule has 0 spiro atoms. The molecule has 2 heteroatoms. The minimum Gasteiger partial charge on any atom is -0.505 e. The Kier molecular flexibility index (Phi) is 3.79. The Hall–Kier alpha value is -0.500. The molecule has 13 heavy (non-hydrogen) atoms. The van der Waals surface area contributed by atoms with E-state index in [9.17, 15) is 5.11 Å². The fraction of sp³-hybridized carbons (Fsp3) is 0.818. The highest BCUT2D eigenvalue weighted by Gasteiger charge is 2.34. The molecule has 1 saturated carbocycles. The van der Waals surface area contributed by atoms with Gasteiger partial charge in [0, 0.05) is 0 Å². The zero-order valence-corrected chi connectivity index (χ0v) is 8.62. The first kappa shape index (κ1) is 10.6. The zero-order valence-electron chi connectivity index (χ0n) is 8.62. The summed E-state index contributed by atoms with van der Waals surface area (Å²) in [6.07, 6.45) is 8.79. The van der Waals surface area contributed by atoms with Crippen molar-refractivity contribution in [1.82, 2.24) is 0 Å².